The Balaban J connectivity index is 1.82. The number of nitrogens with one attached hydrogen (secondary N) is 1. The van der Waals surface area contributed by atoms with Crippen LogP contribution in [0.4, 0.5) is 5.82 Å². The highest BCUT2D eigenvalue weighted by Crippen LogP contribution is 2.20. The smallest absolute Gasteiger partial charge is 0.224 e. The lowest BCUT2D eigenvalue weighted by molar-refractivity contribution is -0.133. The average Bonchev–Trinajstić information content (AvgIpc) is 2.48. The SMILES string of the molecule is COCCC(=O)N1CCC(Nc2ncc(Br)cc2C)CC1. The molecule has 21 heavy (non-hydrogen) atoms. The predicted molar refractivity (Wildman–Crippen MR) is 86.4 cm³/mol. The van der Waals surface area contributed by atoms with Crippen LogP contribution in [0.2, 0.25) is 0 Å². The first-order valence-electron chi connectivity index (χ1n) is 7.25. The second-order valence-electron chi connectivity index (χ2n) is 5.36. The van der Waals surface area contributed by atoms with Crippen molar-refractivity contribution in [3.05, 3.63) is 22.3 Å². The normalized spacial score (nSPS) is 16.0. The first-order chi connectivity index (χ1) is 10.1. The van der Waals surface area contributed by atoms with Crippen LogP contribution in [0.25, 0.3) is 0 Å². The molecular weight excluding hydrogens is 334 g/mol. The molecular formula is C15H22BrN3O2. The van der Waals surface area contributed by atoms with E-state index in [2.05, 4.69) is 32.3 Å². The van der Waals surface area contributed by atoms with Crippen LogP contribution in [-0.2, 0) is 9.53 Å². The summed E-state index contributed by atoms with van der Waals surface area (Å²) in [6.45, 7) is 4.15. The minimum Gasteiger partial charge on any atom is -0.384 e. The lowest BCUT2D eigenvalue weighted by Crippen LogP contribution is -2.42. The second-order valence-corrected chi connectivity index (χ2v) is 6.28. The van der Waals surface area contributed by atoms with Gasteiger partial charge in [-0.25, -0.2) is 4.98 Å². The highest BCUT2D eigenvalue weighted by Gasteiger charge is 2.22. The van der Waals surface area contributed by atoms with Gasteiger partial charge in [-0.2, -0.15) is 0 Å². The fourth-order valence-corrected chi connectivity index (χ4v) is 2.95. The van der Waals surface area contributed by atoms with Crippen molar-refractivity contribution >= 4 is 27.7 Å². The largest absolute Gasteiger partial charge is 0.384 e. The first-order valence-corrected chi connectivity index (χ1v) is 8.05. The van der Waals surface area contributed by atoms with E-state index in [4.69, 9.17) is 4.74 Å². The molecule has 1 fully saturated rings. The van der Waals surface area contributed by atoms with E-state index in [9.17, 15) is 4.79 Å². The van der Waals surface area contributed by atoms with Crippen molar-refractivity contribution in [2.75, 3.05) is 32.1 Å². The summed E-state index contributed by atoms with van der Waals surface area (Å²) in [4.78, 5) is 18.3. The van der Waals surface area contributed by atoms with Gasteiger partial charge in [-0.15, -0.1) is 0 Å². The summed E-state index contributed by atoms with van der Waals surface area (Å²) in [6.07, 6.45) is 4.19. The molecule has 0 aromatic carbocycles. The van der Waals surface area contributed by atoms with Gasteiger partial charge in [-0.05, 0) is 47.3 Å². The molecule has 6 heteroatoms. The van der Waals surface area contributed by atoms with Crippen molar-refractivity contribution < 1.29 is 9.53 Å². The fraction of sp³-hybridized carbons (Fsp3) is 0.600. The van der Waals surface area contributed by atoms with Crippen molar-refractivity contribution in [3.8, 4) is 0 Å². The number of halogens is 1. The Hall–Kier alpha value is -1.14. The van der Waals surface area contributed by atoms with E-state index in [1.165, 1.54) is 0 Å². The molecule has 5 nitrogen and oxygen atoms in total. The van der Waals surface area contributed by atoms with Crippen molar-refractivity contribution in [1.29, 1.82) is 0 Å². The van der Waals surface area contributed by atoms with Crippen LogP contribution in [0.1, 0.15) is 24.8 Å². The quantitative estimate of drug-likeness (QED) is 0.881. The van der Waals surface area contributed by atoms with E-state index in [0.29, 0.717) is 19.1 Å². The van der Waals surface area contributed by atoms with Gasteiger partial charge in [-0.1, -0.05) is 0 Å². The average molecular weight is 356 g/mol. The number of ether oxygens (including phenoxy) is 1. The van der Waals surface area contributed by atoms with Crippen LogP contribution >= 0.6 is 15.9 Å². The standard InChI is InChI=1S/C15H22BrN3O2/c1-11-9-12(16)10-17-15(11)18-13-3-6-19(7-4-13)14(20)5-8-21-2/h9-10,13H,3-8H2,1-2H3,(H,17,18). The number of rotatable bonds is 5. The van der Waals surface area contributed by atoms with Crippen molar-refractivity contribution in [3.63, 3.8) is 0 Å². The van der Waals surface area contributed by atoms with Gasteiger partial charge in [0.05, 0.1) is 13.0 Å². The number of carbonyl (C=O) groups excluding carboxylic acids is 1. The summed E-state index contributed by atoms with van der Waals surface area (Å²) in [6, 6.07) is 2.43. The number of anilines is 1. The van der Waals surface area contributed by atoms with Crippen molar-refractivity contribution in [1.82, 2.24) is 9.88 Å². The number of aryl methyl sites for hydroxylation is 1. The summed E-state index contributed by atoms with van der Waals surface area (Å²) in [5.41, 5.74) is 1.13. The first kappa shape index (κ1) is 16.2. The summed E-state index contributed by atoms with van der Waals surface area (Å²) in [5, 5.41) is 3.48. The Bertz CT molecular complexity index is 488. The van der Waals surface area contributed by atoms with E-state index < -0.39 is 0 Å². The highest BCUT2D eigenvalue weighted by atomic mass is 79.9. The molecule has 0 atom stereocenters. The molecule has 2 heterocycles. The van der Waals surface area contributed by atoms with Gasteiger partial charge in [0.15, 0.2) is 0 Å². The number of methoxy groups -OCH3 is 1. The molecule has 1 aliphatic heterocycles. The van der Waals surface area contributed by atoms with E-state index in [1.54, 1.807) is 13.3 Å². The van der Waals surface area contributed by atoms with Crippen molar-refractivity contribution in [2.24, 2.45) is 0 Å². The third-order valence-electron chi connectivity index (χ3n) is 3.75. The molecule has 2 rings (SSSR count). The van der Waals surface area contributed by atoms with E-state index in [0.717, 1.165) is 41.8 Å². The monoisotopic (exact) mass is 355 g/mol. The van der Waals surface area contributed by atoms with E-state index in [1.807, 2.05) is 11.8 Å². The molecule has 1 aliphatic rings. The number of likely N-dealkylation sites (tertiary alicyclic amines) is 1. The van der Waals surface area contributed by atoms with Crippen LogP contribution in [0, 0.1) is 6.92 Å². The van der Waals surface area contributed by atoms with E-state index >= 15 is 0 Å². The molecule has 1 saturated heterocycles. The Labute approximate surface area is 134 Å². The number of piperidine rings is 1. The van der Waals surface area contributed by atoms with Gasteiger partial charge in [0.1, 0.15) is 5.82 Å². The van der Waals surface area contributed by atoms with Gasteiger partial charge >= 0.3 is 0 Å². The summed E-state index contributed by atoms with van der Waals surface area (Å²) < 4.78 is 5.94. The number of hydrogen-bond acceptors (Lipinski definition) is 4. The molecule has 0 bridgehead atoms. The number of pyridine rings is 1. The van der Waals surface area contributed by atoms with Crippen molar-refractivity contribution in [2.45, 2.75) is 32.2 Å². The Morgan fingerprint density at radius 2 is 2.24 bits per heavy atom. The van der Waals surface area contributed by atoms with Crippen LogP contribution in [0.5, 0.6) is 0 Å². The predicted octanol–water partition coefficient (Wildman–Crippen LogP) is 2.59. The van der Waals surface area contributed by atoms with E-state index in [-0.39, 0.29) is 5.91 Å². The molecule has 0 saturated carbocycles. The summed E-state index contributed by atoms with van der Waals surface area (Å²) in [7, 11) is 1.62. The lowest BCUT2D eigenvalue weighted by Gasteiger charge is -2.33. The topological polar surface area (TPSA) is 54.5 Å². The maximum absolute atomic E-state index is 11.9. The zero-order valence-electron chi connectivity index (χ0n) is 12.6. The third kappa shape index (κ3) is 4.68. The molecule has 0 spiro atoms. The Morgan fingerprint density at radius 3 is 2.86 bits per heavy atom. The molecule has 116 valence electrons. The van der Waals surface area contributed by atoms with Crippen LogP contribution in [-0.4, -0.2) is 48.6 Å². The summed E-state index contributed by atoms with van der Waals surface area (Å²) in [5.74, 6) is 1.12. The number of nitrogens with zero attached hydrogens (tertiary/aromatic N) is 2. The second kappa shape index (κ2) is 7.75. The molecule has 0 aliphatic carbocycles. The van der Waals surface area contributed by atoms with Gasteiger partial charge in [0.25, 0.3) is 0 Å². The van der Waals surface area contributed by atoms with Crippen LogP contribution in [0.3, 0.4) is 0 Å². The number of carbonyl (C=O) groups is 1. The maximum atomic E-state index is 11.9. The lowest BCUT2D eigenvalue weighted by atomic mass is 10.0. The molecule has 1 aromatic heterocycles. The maximum Gasteiger partial charge on any atom is 0.224 e. The Morgan fingerprint density at radius 1 is 1.52 bits per heavy atom. The fourth-order valence-electron chi connectivity index (χ4n) is 2.51. The Kier molecular flexibility index (Phi) is 5.99. The minimum atomic E-state index is 0.188. The number of hydrogen-bond donors (Lipinski definition) is 1. The van der Waals surface area contributed by atoms with Gasteiger partial charge < -0.3 is 15.0 Å². The highest BCUT2D eigenvalue weighted by molar-refractivity contribution is 9.10. The van der Waals surface area contributed by atoms with Gasteiger partial charge in [-0.3, -0.25) is 4.79 Å². The molecule has 1 amide bonds. The molecule has 0 unspecified atom stereocenters. The van der Waals surface area contributed by atoms with Crippen LogP contribution in [0.15, 0.2) is 16.7 Å². The molecule has 0 radical (unpaired) electrons. The zero-order chi connectivity index (χ0) is 15.2. The minimum absolute atomic E-state index is 0.188. The van der Waals surface area contributed by atoms with Gasteiger partial charge in [0.2, 0.25) is 5.91 Å². The number of amides is 1. The molecule has 1 aromatic rings. The van der Waals surface area contributed by atoms with Gasteiger partial charge in [0, 0.05) is 36.9 Å². The molecule has 1 N–H and O–H groups in total. The van der Waals surface area contributed by atoms with Crippen LogP contribution < -0.4 is 5.32 Å². The third-order valence-corrected chi connectivity index (χ3v) is 4.19. The zero-order valence-corrected chi connectivity index (χ0v) is 14.1. The number of aromatic nitrogens is 1. The summed E-state index contributed by atoms with van der Waals surface area (Å²) >= 11 is 3.42.